The molecular weight excluding hydrogens is 272 g/mol. The fourth-order valence-electron chi connectivity index (χ4n) is 2.26. The Bertz CT molecular complexity index is 609. The highest BCUT2D eigenvalue weighted by Gasteiger charge is 2.08. The summed E-state index contributed by atoms with van der Waals surface area (Å²) in [5, 5.41) is 0. The van der Waals surface area contributed by atoms with Crippen molar-refractivity contribution in [3.8, 4) is 5.75 Å². The van der Waals surface area contributed by atoms with Crippen LogP contribution in [0.15, 0.2) is 61.2 Å². The molecule has 0 bridgehead atoms. The Morgan fingerprint density at radius 1 is 1.00 bits per heavy atom. The van der Waals surface area contributed by atoms with Crippen LogP contribution in [0.1, 0.15) is 41.3 Å². The Hall–Kier alpha value is -2.35. The molecule has 0 N–H and O–H groups in total. The van der Waals surface area contributed by atoms with Crippen molar-refractivity contribution < 1.29 is 9.53 Å². The normalized spacial score (nSPS) is 10.2. The lowest BCUT2D eigenvalue weighted by molar-refractivity contribution is 0.0734. The topological polar surface area (TPSA) is 26.3 Å². The number of benzene rings is 2. The van der Waals surface area contributed by atoms with E-state index in [4.69, 9.17) is 4.74 Å². The second-order valence-corrected chi connectivity index (χ2v) is 5.31. The molecule has 2 rings (SSSR count). The molecule has 114 valence electrons. The summed E-state index contributed by atoms with van der Waals surface area (Å²) in [5.74, 6) is 0.263. The van der Waals surface area contributed by atoms with E-state index < -0.39 is 0 Å². The molecule has 0 amide bonds. The summed E-state index contributed by atoms with van der Waals surface area (Å²) in [6.07, 6.45) is 5.92. The predicted octanol–water partition coefficient (Wildman–Crippen LogP) is 4.98. The fourth-order valence-corrected chi connectivity index (χ4v) is 2.26. The van der Waals surface area contributed by atoms with Gasteiger partial charge < -0.3 is 4.74 Å². The van der Waals surface area contributed by atoms with E-state index in [1.807, 2.05) is 54.6 Å². The number of ether oxygens (including phenoxy) is 1. The van der Waals surface area contributed by atoms with E-state index in [2.05, 4.69) is 13.5 Å². The van der Waals surface area contributed by atoms with Gasteiger partial charge in [0.15, 0.2) is 0 Å². The van der Waals surface area contributed by atoms with Crippen LogP contribution in [0.3, 0.4) is 0 Å². The van der Waals surface area contributed by atoms with Gasteiger partial charge in [0.1, 0.15) is 5.75 Å². The predicted molar refractivity (Wildman–Crippen MR) is 90.4 cm³/mol. The van der Waals surface area contributed by atoms with Gasteiger partial charge in [0.25, 0.3) is 0 Å². The molecule has 0 radical (unpaired) electrons. The quantitative estimate of drug-likeness (QED) is 0.409. The van der Waals surface area contributed by atoms with Crippen molar-refractivity contribution in [3.63, 3.8) is 0 Å². The zero-order valence-electron chi connectivity index (χ0n) is 13.0. The van der Waals surface area contributed by atoms with Crippen molar-refractivity contribution in [3.05, 3.63) is 77.9 Å². The standard InChI is InChI=1S/C20H22O2/c1-3-5-7-17-8-12-18(13-9-17)20(21)22-19-14-10-16(6-4-2)11-15-19/h3,8-15H,1,4-7H2,2H3. The smallest absolute Gasteiger partial charge is 0.343 e. The maximum atomic E-state index is 12.1. The molecule has 0 fully saturated rings. The molecule has 2 aromatic carbocycles. The minimum atomic E-state index is -0.321. The van der Waals surface area contributed by atoms with Crippen LogP contribution < -0.4 is 4.74 Å². The zero-order valence-corrected chi connectivity index (χ0v) is 13.0. The van der Waals surface area contributed by atoms with Gasteiger partial charge in [-0.25, -0.2) is 4.79 Å². The van der Waals surface area contributed by atoms with Crippen molar-refractivity contribution >= 4 is 5.97 Å². The lowest BCUT2D eigenvalue weighted by Gasteiger charge is -2.06. The molecule has 22 heavy (non-hydrogen) atoms. The van der Waals surface area contributed by atoms with Gasteiger partial charge in [0.2, 0.25) is 0 Å². The number of hydrogen-bond acceptors (Lipinski definition) is 2. The van der Waals surface area contributed by atoms with E-state index in [1.165, 1.54) is 11.1 Å². The summed E-state index contributed by atoms with van der Waals surface area (Å²) in [6, 6.07) is 15.3. The largest absolute Gasteiger partial charge is 0.423 e. The molecule has 0 aliphatic rings. The number of rotatable bonds is 7. The summed E-state index contributed by atoms with van der Waals surface area (Å²) >= 11 is 0. The van der Waals surface area contributed by atoms with Crippen LogP contribution in [0.4, 0.5) is 0 Å². The summed E-state index contributed by atoms with van der Waals surface area (Å²) in [6.45, 7) is 5.86. The summed E-state index contributed by atoms with van der Waals surface area (Å²) in [5.41, 5.74) is 3.02. The van der Waals surface area contributed by atoms with E-state index in [1.54, 1.807) is 0 Å². The first-order valence-corrected chi connectivity index (χ1v) is 7.74. The summed E-state index contributed by atoms with van der Waals surface area (Å²) in [7, 11) is 0. The van der Waals surface area contributed by atoms with Gasteiger partial charge >= 0.3 is 5.97 Å². The first kappa shape index (κ1) is 16.0. The van der Waals surface area contributed by atoms with E-state index in [9.17, 15) is 4.79 Å². The summed E-state index contributed by atoms with van der Waals surface area (Å²) < 4.78 is 5.40. The SMILES string of the molecule is C=CCCc1ccc(C(=O)Oc2ccc(CCC)cc2)cc1. The van der Waals surface area contributed by atoms with Crippen LogP contribution in [0, 0.1) is 0 Å². The summed E-state index contributed by atoms with van der Waals surface area (Å²) in [4.78, 5) is 12.1. The van der Waals surface area contributed by atoms with E-state index in [-0.39, 0.29) is 5.97 Å². The molecule has 2 heteroatoms. The lowest BCUT2D eigenvalue weighted by Crippen LogP contribution is -2.08. The number of carbonyl (C=O) groups is 1. The zero-order chi connectivity index (χ0) is 15.8. The highest BCUT2D eigenvalue weighted by Crippen LogP contribution is 2.16. The van der Waals surface area contributed by atoms with Gasteiger partial charge in [-0.15, -0.1) is 6.58 Å². The second-order valence-electron chi connectivity index (χ2n) is 5.31. The Morgan fingerprint density at radius 3 is 2.18 bits per heavy atom. The Labute approximate surface area is 132 Å². The lowest BCUT2D eigenvalue weighted by atomic mass is 10.1. The third-order valence-corrected chi connectivity index (χ3v) is 3.50. The molecule has 0 aromatic heterocycles. The van der Waals surface area contributed by atoms with Gasteiger partial charge in [0.05, 0.1) is 5.56 Å². The molecule has 2 nitrogen and oxygen atoms in total. The van der Waals surface area contributed by atoms with Crippen LogP contribution >= 0.6 is 0 Å². The maximum Gasteiger partial charge on any atom is 0.343 e. The molecule has 0 aliphatic carbocycles. The molecule has 0 heterocycles. The third-order valence-electron chi connectivity index (χ3n) is 3.50. The van der Waals surface area contributed by atoms with E-state index in [0.29, 0.717) is 11.3 Å². The van der Waals surface area contributed by atoms with Crippen LogP contribution in [0.2, 0.25) is 0 Å². The highest BCUT2D eigenvalue weighted by molar-refractivity contribution is 5.91. The first-order chi connectivity index (χ1) is 10.7. The van der Waals surface area contributed by atoms with Crippen LogP contribution in [0.5, 0.6) is 5.75 Å². The molecule has 0 aliphatic heterocycles. The number of carbonyl (C=O) groups excluding carboxylic acids is 1. The molecule has 0 spiro atoms. The van der Waals surface area contributed by atoms with Crippen molar-refractivity contribution in [1.82, 2.24) is 0 Å². The van der Waals surface area contributed by atoms with Crippen LogP contribution in [-0.2, 0) is 12.8 Å². The molecule has 0 saturated carbocycles. The third kappa shape index (κ3) is 4.59. The van der Waals surface area contributed by atoms with Crippen molar-refractivity contribution in [1.29, 1.82) is 0 Å². The fraction of sp³-hybridized carbons (Fsp3) is 0.250. The van der Waals surface area contributed by atoms with Gasteiger partial charge in [0, 0.05) is 0 Å². The average molecular weight is 294 g/mol. The van der Waals surface area contributed by atoms with Gasteiger partial charge in [-0.3, -0.25) is 0 Å². The van der Waals surface area contributed by atoms with Gasteiger partial charge in [-0.05, 0) is 54.7 Å². The minimum absolute atomic E-state index is 0.321. The number of hydrogen-bond donors (Lipinski definition) is 0. The van der Waals surface area contributed by atoms with Crippen LogP contribution in [-0.4, -0.2) is 5.97 Å². The minimum Gasteiger partial charge on any atom is -0.423 e. The highest BCUT2D eigenvalue weighted by atomic mass is 16.5. The number of allylic oxidation sites excluding steroid dienone is 1. The number of aryl methyl sites for hydroxylation is 2. The van der Waals surface area contributed by atoms with Gasteiger partial charge in [-0.2, -0.15) is 0 Å². The first-order valence-electron chi connectivity index (χ1n) is 7.74. The monoisotopic (exact) mass is 294 g/mol. The maximum absolute atomic E-state index is 12.1. The number of esters is 1. The molecule has 0 saturated heterocycles. The second kappa shape index (κ2) is 8.18. The van der Waals surface area contributed by atoms with Crippen molar-refractivity contribution in [2.24, 2.45) is 0 Å². The molecule has 0 unspecified atom stereocenters. The average Bonchev–Trinajstić information content (AvgIpc) is 2.55. The van der Waals surface area contributed by atoms with Crippen LogP contribution in [0.25, 0.3) is 0 Å². The Balaban J connectivity index is 1.97. The molecule has 2 aromatic rings. The Morgan fingerprint density at radius 2 is 1.59 bits per heavy atom. The van der Waals surface area contributed by atoms with Gasteiger partial charge in [-0.1, -0.05) is 43.7 Å². The van der Waals surface area contributed by atoms with Crippen molar-refractivity contribution in [2.75, 3.05) is 0 Å². The molecule has 0 atom stereocenters. The Kier molecular flexibility index (Phi) is 5.96. The van der Waals surface area contributed by atoms with Crippen molar-refractivity contribution in [2.45, 2.75) is 32.6 Å². The molecular formula is C20H22O2. The van der Waals surface area contributed by atoms with E-state index >= 15 is 0 Å². The van der Waals surface area contributed by atoms with E-state index in [0.717, 1.165) is 25.7 Å².